The van der Waals surface area contributed by atoms with Crippen LogP contribution in [0.3, 0.4) is 0 Å². The molecular formula is C17H17Cl4NO4. The molecule has 2 aliphatic carbocycles. The second-order valence-corrected chi connectivity index (χ2v) is 10.1. The van der Waals surface area contributed by atoms with Gasteiger partial charge in [0.05, 0.1) is 50.0 Å². The number of imide groups is 1. The van der Waals surface area contributed by atoms with E-state index in [2.05, 4.69) is 0 Å². The predicted molar refractivity (Wildman–Crippen MR) is 95.8 cm³/mol. The number of allylic oxidation sites excluding steroid dienone is 2. The third-order valence-corrected chi connectivity index (χ3v) is 9.32. The molecule has 4 fully saturated rings. The molecule has 3 heterocycles. The van der Waals surface area contributed by atoms with Crippen molar-refractivity contribution in [2.75, 3.05) is 0 Å². The van der Waals surface area contributed by atoms with E-state index in [4.69, 9.17) is 56.0 Å². The zero-order valence-electron chi connectivity index (χ0n) is 14.0. The molecule has 3 aliphatic heterocycles. The molecule has 4 bridgehead atoms. The Morgan fingerprint density at radius 2 is 1.58 bits per heavy atom. The van der Waals surface area contributed by atoms with Gasteiger partial charge in [-0.3, -0.25) is 14.4 Å². The minimum Gasteiger partial charge on any atom is -0.373 e. The third-order valence-electron chi connectivity index (χ3n) is 6.83. The molecule has 0 aromatic rings. The van der Waals surface area contributed by atoms with E-state index in [1.54, 1.807) is 0 Å². The number of halogens is 4. The Kier molecular flexibility index (Phi) is 3.68. The summed E-state index contributed by atoms with van der Waals surface area (Å²) in [6.07, 6.45) is -0.171. The van der Waals surface area contributed by atoms with Gasteiger partial charge in [-0.05, 0) is 19.8 Å². The summed E-state index contributed by atoms with van der Waals surface area (Å²) in [6.45, 7) is 3.75. The van der Waals surface area contributed by atoms with E-state index in [-0.39, 0.29) is 29.8 Å². The summed E-state index contributed by atoms with van der Waals surface area (Å²) in [6, 6.07) is 0. The van der Waals surface area contributed by atoms with Crippen LogP contribution in [0.15, 0.2) is 10.1 Å². The Bertz CT molecular complexity index is 720. The molecule has 0 unspecified atom stereocenters. The SMILES string of the molecule is CC[C@@H](C)ON1C(=O)[C@@H]2[C@H]3O[C@H]([C@@H]2C1=O)[C@@H]1[C@@H]3[C@]2(Cl)C[C@]1(Cl)C(Cl)=C2Cl. The largest absolute Gasteiger partial charge is 0.373 e. The van der Waals surface area contributed by atoms with Crippen molar-refractivity contribution >= 4 is 58.2 Å². The number of carbonyl (C=O) groups excluding carboxylic acids is 2. The maximum atomic E-state index is 12.9. The lowest BCUT2D eigenvalue weighted by molar-refractivity contribution is -0.205. The van der Waals surface area contributed by atoms with Gasteiger partial charge in [0.1, 0.15) is 0 Å². The fourth-order valence-corrected chi connectivity index (χ4v) is 7.64. The highest BCUT2D eigenvalue weighted by Gasteiger charge is 2.82. The van der Waals surface area contributed by atoms with E-state index >= 15 is 0 Å². The van der Waals surface area contributed by atoms with E-state index in [0.29, 0.717) is 22.9 Å². The van der Waals surface area contributed by atoms with Crippen molar-refractivity contribution in [1.82, 2.24) is 5.06 Å². The van der Waals surface area contributed by atoms with Crippen LogP contribution in [0.2, 0.25) is 0 Å². The highest BCUT2D eigenvalue weighted by molar-refractivity contribution is 6.51. The minimum absolute atomic E-state index is 0.236. The molecule has 2 amide bonds. The summed E-state index contributed by atoms with van der Waals surface area (Å²) in [5, 5.41) is 1.61. The van der Waals surface area contributed by atoms with Crippen LogP contribution in [-0.2, 0) is 19.2 Å². The fraction of sp³-hybridized carbons (Fsp3) is 0.765. The summed E-state index contributed by atoms with van der Waals surface area (Å²) in [4.78, 5) is 29.5. The number of hydrogen-bond acceptors (Lipinski definition) is 4. The molecular weight excluding hydrogens is 424 g/mol. The van der Waals surface area contributed by atoms with Gasteiger partial charge in [-0.1, -0.05) is 30.1 Å². The number of nitrogens with zero attached hydrogens (tertiary/aromatic N) is 1. The van der Waals surface area contributed by atoms with Crippen molar-refractivity contribution in [2.45, 2.75) is 54.7 Å². The Labute approximate surface area is 170 Å². The van der Waals surface area contributed by atoms with Gasteiger partial charge in [0.15, 0.2) is 0 Å². The van der Waals surface area contributed by atoms with Gasteiger partial charge in [-0.2, -0.15) is 5.06 Å². The molecule has 0 spiro atoms. The van der Waals surface area contributed by atoms with Gasteiger partial charge in [0, 0.05) is 11.8 Å². The molecule has 142 valence electrons. The summed E-state index contributed by atoms with van der Waals surface area (Å²) in [5.74, 6) is -2.41. The number of carbonyl (C=O) groups is 2. The lowest BCUT2D eigenvalue weighted by Gasteiger charge is -2.40. The van der Waals surface area contributed by atoms with E-state index in [1.165, 1.54) is 0 Å². The fourth-order valence-electron chi connectivity index (χ4n) is 5.62. The van der Waals surface area contributed by atoms with Crippen LogP contribution in [0.4, 0.5) is 0 Å². The van der Waals surface area contributed by atoms with Crippen molar-refractivity contribution in [3.63, 3.8) is 0 Å². The molecule has 0 aromatic heterocycles. The monoisotopic (exact) mass is 439 g/mol. The van der Waals surface area contributed by atoms with E-state index in [1.807, 2.05) is 13.8 Å². The Morgan fingerprint density at radius 1 is 1.12 bits per heavy atom. The van der Waals surface area contributed by atoms with Crippen LogP contribution < -0.4 is 0 Å². The second-order valence-electron chi connectivity index (χ2n) is 7.99. The third kappa shape index (κ3) is 1.79. The molecule has 5 rings (SSSR count). The molecule has 9 atom stereocenters. The van der Waals surface area contributed by atoms with Gasteiger partial charge in [0.2, 0.25) is 0 Å². The number of fused-ring (bicyclic) bond motifs is 12. The quantitative estimate of drug-likeness (QED) is 0.498. The lowest BCUT2D eigenvalue weighted by atomic mass is 9.65. The number of alkyl halides is 2. The van der Waals surface area contributed by atoms with Crippen LogP contribution in [0.25, 0.3) is 0 Å². The molecule has 0 aromatic carbocycles. The van der Waals surface area contributed by atoms with Crippen LogP contribution in [0, 0.1) is 23.7 Å². The number of ether oxygens (including phenoxy) is 1. The molecule has 5 nitrogen and oxygen atoms in total. The molecule has 5 aliphatic rings. The maximum absolute atomic E-state index is 12.9. The first-order chi connectivity index (χ1) is 12.2. The molecule has 9 heteroatoms. The highest BCUT2D eigenvalue weighted by atomic mass is 35.5. The van der Waals surface area contributed by atoms with E-state index < -0.39 is 33.8 Å². The molecule has 26 heavy (non-hydrogen) atoms. The lowest BCUT2D eigenvalue weighted by Crippen LogP contribution is -2.50. The van der Waals surface area contributed by atoms with Gasteiger partial charge in [-0.25, -0.2) is 0 Å². The average Bonchev–Trinajstić information content (AvgIpc) is 3.32. The first-order valence-electron chi connectivity index (χ1n) is 8.81. The zero-order chi connectivity index (χ0) is 18.8. The summed E-state index contributed by atoms with van der Waals surface area (Å²) >= 11 is 26.5. The van der Waals surface area contributed by atoms with Crippen molar-refractivity contribution in [3.05, 3.63) is 10.1 Å². The number of amides is 2. The second kappa shape index (κ2) is 5.31. The van der Waals surface area contributed by atoms with Crippen molar-refractivity contribution in [2.24, 2.45) is 23.7 Å². The molecule has 0 radical (unpaired) electrons. The first-order valence-corrected chi connectivity index (χ1v) is 10.3. The van der Waals surface area contributed by atoms with Crippen LogP contribution in [0.1, 0.15) is 26.7 Å². The molecule has 3 saturated heterocycles. The predicted octanol–water partition coefficient (Wildman–Crippen LogP) is 3.39. The minimum atomic E-state index is -0.941. The Balaban J connectivity index is 1.54. The van der Waals surface area contributed by atoms with Gasteiger partial charge < -0.3 is 4.74 Å². The van der Waals surface area contributed by atoms with Crippen molar-refractivity contribution in [3.8, 4) is 0 Å². The summed E-state index contributed by atoms with van der Waals surface area (Å²) in [5.41, 5.74) is 0. The van der Waals surface area contributed by atoms with Crippen LogP contribution in [-0.4, -0.2) is 44.9 Å². The van der Waals surface area contributed by atoms with E-state index in [9.17, 15) is 9.59 Å². The average molecular weight is 441 g/mol. The number of hydrogen-bond donors (Lipinski definition) is 0. The van der Waals surface area contributed by atoms with Gasteiger partial charge >= 0.3 is 0 Å². The Morgan fingerprint density at radius 3 is 2.00 bits per heavy atom. The highest BCUT2D eigenvalue weighted by Crippen LogP contribution is 2.75. The zero-order valence-corrected chi connectivity index (χ0v) is 17.1. The summed E-state index contributed by atoms with van der Waals surface area (Å²) in [7, 11) is 0. The molecule has 0 N–H and O–H groups in total. The number of hydroxylamine groups is 2. The maximum Gasteiger partial charge on any atom is 0.260 e. The smallest absolute Gasteiger partial charge is 0.260 e. The van der Waals surface area contributed by atoms with E-state index in [0.717, 1.165) is 5.06 Å². The molecule has 1 saturated carbocycles. The van der Waals surface area contributed by atoms with Crippen LogP contribution in [0.5, 0.6) is 0 Å². The number of rotatable bonds is 3. The van der Waals surface area contributed by atoms with Crippen molar-refractivity contribution in [1.29, 1.82) is 0 Å². The van der Waals surface area contributed by atoms with Gasteiger partial charge in [0.25, 0.3) is 11.8 Å². The first kappa shape index (κ1) is 18.0. The standard InChI is InChI=1S/C17H17Cl4NO4/c1-3-5(2)26-22-14(23)6-7(15(22)24)11-9-8(10(6)25-11)16(20)4-17(9,21)13(19)12(16)18/h5-11H,3-4H2,1-2H3/t5-,6-,7+,8+,9+,10-,11-,16-,17-/m1/s1. The summed E-state index contributed by atoms with van der Waals surface area (Å²) < 4.78 is 6.10. The van der Waals surface area contributed by atoms with Gasteiger partial charge in [-0.15, -0.1) is 23.2 Å². The Hall–Kier alpha value is -0.0400. The van der Waals surface area contributed by atoms with Crippen LogP contribution >= 0.6 is 46.4 Å². The van der Waals surface area contributed by atoms with Crippen molar-refractivity contribution < 1.29 is 19.2 Å². The normalized spacial score (nSPS) is 52.3. The topological polar surface area (TPSA) is 55.8 Å².